The molecule has 0 atom stereocenters. The van der Waals surface area contributed by atoms with Crippen molar-refractivity contribution in [1.29, 1.82) is 0 Å². The minimum Gasteiger partial charge on any atom is -0.302 e. The molecule has 3 aromatic rings. The van der Waals surface area contributed by atoms with Crippen molar-refractivity contribution in [3.05, 3.63) is 53.3 Å². The molecule has 3 rings (SSSR count). The maximum absolute atomic E-state index is 12.2. The van der Waals surface area contributed by atoms with Gasteiger partial charge in [0.1, 0.15) is 5.82 Å². The molecule has 0 radical (unpaired) electrons. The molecule has 0 saturated heterocycles. The van der Waals surface area contributed by atoms with Crippen LogP contribution in [-0.4, -0.2) is 36.6 Å². The predicted molar refractivity (Wildman–Crippen MR) is 115 cm³/mol. The Labute approximate surface area is 180 Å². The minimum atomic E-state index is -0.166. The summed E-state index contributed by atoms with van der Waals surface area (Å²) in [4.78, 5) is 12.2. The van der Waals surface area contributed by atoms with Crippen molar-refractivity contribution >= 4 is 57.5 Å². The summed E-state index contributed by atoms with van der Waals surface area (Å²) in [7, 11) is 0. The van der Waals surface area contributed by atoms with E-state index >= 15 is 0 Å². The van der Waals surface area contributed by atoms with Gasteiger partial charge in [0.25, 0.3) is 0 Å². The zero-order valence-electron chi connectivity index (χ0n) is 15.0. The summed E-state index contributed by atoms with van der Waals surface area (Å²) < 4.78 is 2.70. The van der Waals surface area contributed by atoms with E-state index in [1.54, 1.807) is 17.8 Å². The Kier molecular flexibility index (Phi) is 7.49. The molecule has 0 bridgehead atoms. The summed E-state index contributed by atoms with van der Waals surface area (Å²) in [5.74, 6) is 1.59. The van der Waals surface area contributed by atoms with Crippen molar-refractivity contribution in [1.82, 2.24) is 25.0 Å². The van der Waals surface area contributed by atoms with Crippen LogP contribution in [0.1, 0.15) is 11.4 Å². The number of aromatic nitrogens is 5. The number of nitrogens with zero attached hydrogens (tertiary/aromatic N) is 5. The zero-order chi connectivity index (χ0) is 19.9. The second-order valence-corrected chi connectivity index (χ2v) is 9.13. The van der Waals surface area contributed by atoms with Gasteiger partial charge in [-0.25, -0.2) is 0 Å². The molecule has 0 unspecified atom stereocenters. The van der Waals surface area contributed by atoms with Crippen LogP contribution in [0.3, 0.4) is 0 Å². The van der Waals surface area contributed by atoms with E-state index in [9.17, 15) is 4.79 Å². The Morgan fingerprint density at radius 1 is 1.25 bits per heavy atom. The SMILES string of the molecule is C=CCn1c(C)nnc1SCC(=O)Nc1nnc(SCc2ccc(Cl)cc2)s1. The fourth-order valence-electron chi connectivity index (χ4n) is 2.14. The van der Waals surface area contributed by atoms with E-state index in [-0.39, 0.29) is 11.7 Å². The minimum absolute atomic E-state index is 0.166. The number of halogens is 1. The van der Waals surface area contributed by atoms with Gasteiger partial charge in [-0.05, 0) is 24.6 Å². The summed E-state index contributed by atoms with van der Waals surface area (Å²) >= 11 is 10.1. The molecular formula is C17H17ClN6OS3. The molecule has 0 aliphatic rings. The molecule has 11 heteroatoms. The largest absolute Gasteiger partial charge is 0.302 e. The number of nitrogens with one attached hydrogen (secondary N) is 1. The van der Waals surface area contributed by atoms with Crippen molar-refractivity contribution in [3.63, 3.8) is 0 Å². The first-order chi connectivity index (χ1) is 13.5. The molecule has 1 N–H and O–H groups in total. The number of amides is 1. The highest BCUT2D eigenvalue weighted by Gasteiger charge is 2.13. The monoisotopic (exact) mass is 452 g/mol. The summed E-state index contributed by atoms with van der Waals surface area (Å²) in [6.45, 7) is 6.19. The maximum Gasteiger partial charge on any atom is 0.236 e. The van der Waals surface area contributed by atoms with Crippen LogP contribution in [0.5, 0.6) is 0 Å². The van der Waals surface area contributed by atoms with Crippen molar-refractivity contribution in [2.24, 2.45) is 0 Å². The Morgan fingerprint density at radius 3 is 2.79 bits per heavy atom. The van der Waals surface area contributed by atoms with Crippen LogP contribution in [0.2, 0.25) is 5.02 Å². The average Bonchev–Trinajstić information content (AvgIpc) is 3.27. The average molecular weight is 453 g/mol. The van der Waals surface area contributed by atoms with Crippen LogP contribution in [0.15, 0.2) is 46.4 Å². The number of hydrogen-bond donors (Lipinski definition) is 1. The number of aryl methyl sites for hydroxylation is 1. The number of carbonyl (C=O) groups is 1. The zero-order valence-corrected chi connectivity index (χ0v) is 18.2. The molecule has 2 heterocycles. The van der Waals surface area contributed by atoms with E-state index in [0.29, 0.717) is 21.9 Å². The molecule has 1 aromatic carbocycles. The number of thioether (sulfide) groups is 2. The van der Waals surface area contributed by atoms with Crippen molar-refractivity contribution in [3.8, 4) is 0 Å². The predicted octanol–water partition coefficient (Wildman–Crippen LogP) is 4.30. The van der Waals surface area contributed by atoms with Crippen LogP contribution >= 0.6 is 46.5 Å². The first kappa shape index (κ1) is 20.8. The molecule has 28 heavy (non-hydrogen) atoms. The summed E-state index contributed by atoms with van der Waals surface area (Å²) in [5, 5.41) is 20.9. The van der Waals surface area contributed by atoms with Crippen molar-refractivity contribution in [2.75, 3.05) is 11.1 Å². The van der Waals surface area contributed by atoms with Gasteiger partial charge in [0.2, 0.25) is 11.0 Å². The van der Waals surface area contributed by atoms with Crippen LogP contribution in [-0.2, 0) is 17.1 Å². The standard InChI is InChI=1S/C17H17ClN6OS3/c1-3-8-24-11(2)20-22-16(24)26-10-14(25)19-15-21-23-17(28-15)27-9-12-4-6-13(18)7-5-12/h3-7H,1,8-10H2,2H3,(H,19,21,25). The normalized spacial score (nSPS) is 10.8. The second-order valence-electron chi connectivity index (χ2n) is 5.55. The van der Waals surface area contributed by atoms with E-state index in [4.69, 9.17) is 11.6 Å². The molecule has 0 aliphatic heterocycles. The maximum atomic E-state index is 12.2. The molecule has 7 nitrogen and oxygen atoms in total. The molecule has 146 valence electrons. The third-order valence-corrected chi connectivity index (χ3v) is 6.74. The molecule has 1 amide bonds. The summed E-state index contributed by atoms with van der Waals surface area (Å²) in [6, 6.07) is 7.67. The molecular weight excluding hydrogens is 436 g/mol. The number of hydrogen-bond acceptors (Lipinski definition) is 8. The lowest BCUT2D eigenvalue weighted by Crippen LogP contribution is -2.14. The molecule has 0 fully saturated rings. The van der Waals surface area contributed by atoms with Gasteiger partial charge < -0.3 is 4.57 Å². The lowest BCUT2D eigenvalue weighted by atomic mass is 10.2. The number of anilines is 1. The summed E-state index contributed by atoms with van der Waals surface area (Å²) in [5.41, 5.74) is 1.14. The first-order valence-corrected chi connectivity index (χ1v) is 11.4. The smallest absolute Gasteiger partial charge is 0.236 e. The van der Waals surface area contributed by atoms with Crippen LogP contribution in [0.25, 0.3) is 0 Å². The number of rotatable bonds is 9. The van der Waals surface area contributed by atoms with E-state index in [2.05, 4.69) is 32.3 Å². The van der Waals surface area contributed by atoms with E-state index in [1.807, 2.05) is 35.8 Å². The van der Waals surface area contributed by atoms with Crippen LogP contribution in [0.4, 0.5) is 5.13 Å². The van der Waals surface area contributed by atoms with Crippen LogP contribution < -0.4 is 5.32 Å². The quantitative estimate of drug-likeness (QED) is 0.294. The highest BCUT2D eigenvalue weighted by Crippen LogP contribution is 2.29. The van der Waals surface area contributed by atoms with Crippen molar-refractivity contribution in [2.45, 2.75) is 28.7 Å². The van der Waals surface area contributed by atoms with Gasteiger partial charge in [-0.15, -0.1) is 27.0 Å². The van der Waals surface area contributed by atoms with E-state index < -0.39 is 0 Å². The third kappa shape index (κ3) is 5.81. The number of allylic oxidation sites excluding steroid dienone is 1. The van der Waals surface area contributed by atoms with Gasteiger partial charge in [0, 0.05) is 17.3 Å². The first-order valence-electron chi connectivity index (χ1n) is 8.19. The molecule has 0 saturated carbocycles. The van der Waals surface area contributed by atoms with Gasteiger partial charge in [0.05, 0.1) is 5.75 Å². The number of carbonyl (C=O) groups excluding carboxylic acids is 1. The third-order valence-electron chi connectivity index (χ3n) is 3.47. The van der Waals surface area contributed by atoms with E-state index in [0.717, 1.165) is 21.5 Å². The Morgan fingerprint density at radius 2 is 2.04 bits per heavy atom. The topological polar surface area (TPSA) is 85.6 Å². The van der Waals surface area contributed by atoms with Gasteiger partial charge >= 0.3 is 0 Å². The summed E-state index contributed by atoms with van der Waals surface area (Å²) in [6.07, 6.45) is 1.77. The molecule has 2 aromatic heterocycles. The lowest BCUT2D eigenvalue weighted by Gasteiger charge is -2.04. The Hall–Kier alpha value is -1.88. The lowest BCUT2D eigenvalue weighted by molar-refractivity contribution is -0.113. The molecule has 0 spiro atoms. The van der Waals surface area contributed by atoms with Crippen LogP contribution in [0, 0.1) is 6.92 Å². The van der Waals surface area contributed by atoms with Gasteiger partial charge in [-0.3, -0.25) is 10.1 Å². The molecule has 0 aliphatic carbocycles. The fourth-order valence-corrected chi connectivity index (χ4v) is 4.78. The number of benzene rings is 1. The van der Waals surface area contributed by atoms with Crippen molar-refractivity contribution < 1.29 is 4.79 Å². The second kappa shape index (κ2) is 10.1. The van der Waals surface area contributed by atoms with Gasteiger partial charge in [0.15, 0.2) is 9.50 Å². The fraction of sp³-hybridized carbons (Fsp3) is 0.235. The van der Waals surface area contributed by atoms with Gasteiger partial charge in [-0.2, -0.15) is 0 Å². The van der Waals surface area contributed by atoms with Gasteiger partial charge in [-0.1, -0.05) is 64.7 Å². The Balaban J connectivity index is 1.48. The highest BCUT2D eigenvalue weighted by atomic mass is 35.5. The van der Waals surface area contributed by atoms with E-state index in [1.165, 1.54) is 23.1 Å². The highest BCUT2D eigenvalue weighted by molar-refractivity contribution is 8.00. The Bertz CT molecular complexity index is 956.